The van der Waals surface area contributed by atoms with E-state index < -0.39 is 0 Å². The van der Waals surface area contributed by atoms with Gasteiger partial charge in [-0.2, -0.15) is 5.26 Å². The number of benzene rings is 1. The SMILES string of the molecule is Cc1cccc(Nc2ncc(Br)cc2C#N)c1C. The van der Waals surface area contributed by atoms with E-state index in [0.29, 0.717) is 11.4 Å². The van der Waals surface area contributed by atoms with Crippen molar-refractivity contribution in [3.63, 3.8) is 0 Å². The predicted molar refractivity (Wildman–Crippen MR) is 75.9 cm³/mol. The molecule has 0 saturated heterocycles. The first-order valence-electron chi connectivity index (χ1n) is 5.50. The van der Waals surface area contributed by atoms with Crippen LogP contribution in [-0.2, 0) is 0 Å². The maximum Gasteiger partial charge on any atom is 0.148 e. The molecule has 0 unspecified atom stereocenters. The van der Waals surface area contributed by atoms with Crippen LogP contribution in [0, 0.1) is 25.2 Å². The Morgan fingerprint density at radius 1 is 1.33 bits per heavy atom. The largest absolute Gasteiger partial charge is 0.339 e. The van der Waals surface area contributed by atoms with Crippen LogP contribution in [0.4, 0.5) is 11.5 Å². The second-order valence-corrected chi connectivity index (χ2v) is 4.95. The van der Waals surface area contributed by atoms with Gasteiger partial charge in [0.05, 0.1) is 5.56 Å². The van der Waals surface area contributed by atoms with Gasteiger partial charge in [0.15, 0.2) is 0 Å². The molecule has 0 fully saturated rings. The summed E-state index contributed by atoms with van der Waals surface area (Å²) >= 11 is 3.31. The van der Waals surface area contributed by atoms with Crippen molar-refractivity contribution >= 4 is 27.4 Å². The lowest BCUT2D eigenvalue weighted by Crippen LogP contribution is -1.99. The topological polar surface area (TPSA) is 48.7 Å². The number of anilines is 2. The maximum atomic E-state index is 9.09. The molecule has 0 aliphatic heterocycles. The van der Waals surface area contributed by atoms with Gasteiger partial charge in [-0.05, 0) is 53.0 Å². The molecule has 0 spiro atoms. The lowest BCUT2D eigenvalue weighted by molar-refractivity contribution is 1.25. The second-order valence-electron chi connectivity index (χ2n) is 4.03. The Balaban J connectivity index is 2.41. The summed E-state index contributed by atoms with van der Waals surface area (Å²) in [5.41, 5.74) is 3.85. The second kappa shape index (κ2) is 5.19. The molecular formula is C14H12BrN3. The summed E-state index contributed by atoms with van der Waals surface area (Å²) in [5, 5.41) is 12.3. The first-order valence-corrected chi connectivity index (χ1v) is 6.30. The highest BCUT2D eigenvalue weighted by molar-refractivity contribution is 9.10. The Morgan fingerprint density at radius 3 is 2.83 bits per heavy atom. The Labute approximate surface area is 115 Å². The fraction of sp³-hybridized carbons (Fsp3) is 0.143. The van der Waals surface area contributed by atoms with Crippen LogP contribution in [0.1, 0.15) is 16.7 Å². The van der Waals surface area contributed by atoms with Crippen molar-refractivity contribution in [2.24, 2.45) is 0 Å². The van der Waals surface area contributed by atoms with Gasteiger partial charge in [0.25, 0.3) is 0 Å². The zero-order valence-electron chi connectivity index (χ0n) is 10.2. The van der Waals surface area contributed by atoms with Gasteiger partial charge < -0.3 is 5.32 Å². The van der Waals surface area contributed by atoms with Crippen molar-refractivity contribution in [2.45, 2.75) is 13.8 Å². The summed E-state index contributed by atoms with van der Waals surface area (Å²) in [7, 11) is 0. The molecule has 2 rings (SSSR count). The van der Waals surface area contributed by atoms with Crippen molar-refractivity contribution in [3.8, 4) is 6.07 Å². The zero-order valence-corrected chi connectivity index (χ0v) is 11.7. The summed E-state index contributed by atoms with van der Waals surface area (Å²) in [5.74, 6) is 0.578. The summed E-state index contributed by atoms with van der Waals surface area (Å²) in [6.07, 6.45) is 1.67. The number of halogens is 1. The van der Waals surface area contributed by atoms with E-state index in [9.17, 15) is 0 Å². The first-order chi connectivity index (χ1) is 8.61. The molecule has 1 heterocycles. The monoisotopic (exact) mass is 301 g/mol. The minimum absolute atomic E-state index is 0.519. The number of aryl methyl sites for hydroxylation is 1. The molecule has 1 aromatic carbocycles. The number of hydrogen-bond donors (Lipinski definition) is 1. The standard InChI is InChI=1S/C14H12BrN3/c1-9-4-3-5-13(10(9)2)18-14-11(7-16)6-12(15)8-17-14/h3-6,8H,1-2H3,(H,17,18). The van der Waals surface area contributed by atoms with Crippen LogP contribution >= 0.6 is 15.9 Å². The van der Waals surface area contributed by atoms with E-state index in [1.807, 2.05) is 19.1 Å². The van der Waals surface area contributed by atoms with Crippen LogP contribution in [0.25, 0.3) is 0 Å². The summed E-state index contributed by atoms with van der Waals surface area (Å²) in [4.78, 5) is 4.23. The van der Waals surface area contributed by atoms with Gasteiger partial charge in [0, 0.05) is 16.4 Å². The third-order valence-corrected chi connectivity index (χ3v) is 3.27. The van der Waals surface area contributed by atoms with Gasteiger partial charge in [0.2, 0.25) is 0 Å². The van der Waals surface area contributed by atoms with Crippen LogP contribution < -0.4 is 5.32 Å². The van der Waals surface area contributed by atoms with E-state index in [1.54, 1.807) is 12.3 Å². The molecule has 2 aromatic rings. The van der Waals surface area contributed by atoms with Crippen molar-refractivity contribution in [2.75, 3.05) is 5.32 Å². The van der Waals surface area contributed by atoms with Gasteiger partial charge in [0.1, 0.15) is 11.9 Å². The number of nitrogens with one attached hydrogen (secondary N) is 1. The highest BCUT2D eigenvalue weighted by Crippen LogP contribution is 2.24. The molecule has 0 aliphatic carbocycles. The van der Waals surface area contributed by atoms with Crippen LogP contribution in [0.5, 0.6) is 0 Å². The number of aromatic nitrogens is 1. The molecule has 3 nitrogen and oxygen atoms in total. The average molecular weight is 302 g/mol. The number of nitriles is 1. The average Bonchev–Trinajstić information content (AvgIpc) is 2.37. The number of hydrogen-bond acceptors (Lipinski definition) is 3. The molecule has 0 radical (unpaired) electrons. The van der Waals surface area contributed by atoms with Gasteiger partial charge in [-0.1, -0.05) is 12.1 Å². The lowest BCUT2D eigenvalue weighted by Gasteiger charge is -2.11. The molecule has 0 amide bonds. The van der Waals surface area contributed by atoms with E-state index in [1.165, 1.54) is 5.56 Å². The van der Waals surface area contributed by atoms with Crippen LogP contribution in [0.15, 0.2) is 34.9 Å². The minimum Gasteiger partial charge on any atom is -0.339 e. The molecule has 1 aromatic heterocycles. The molecule has 0 bridgehead atoms. The highest BCUT2D eigenvalue weighted by atomic mass is 79.9. The molecule has 90 valence electrons. The predicted octanol–water partition coefficient (Wildman–Crippen LogP) is 4.08. The van der Waals surface area contributed by atoms with E-state index >= 15 is 0 Å². The van der Waals surface area contributed by atoms with Crippen molar-refractivity contribution in [1.82, 2.24) is 4.98 Å². The van der Waals surface area contributed by atoms with Crippen molar-refractivity contribution < 1.29 is 0 Å². The summed E-state index contributed by atoms with van der Waals surface area (Å²) in [6, 6.07) is 9.90. The van der Waals surface area contributed by atoms with Gasteiger partial charge in [-0.25, -0.2) is 4.98 Å². The number of nitrogens with zero attached hydrogens (tertiary/aromatic N) is 2. The van der Waals surface area contributed by atoms with Crippen LogP contribution in [0.2, 0.25) is 0 Å². The van der Waals surface area contributed by atoms with Crippen LogP contribution in [-0.4, -0.2) is 4.98 Å². The van der Waals surface area contributed by atoms with E-state index in [0.717, 1.165) is 15.7 Å². The zero-order chi connectivity index (χ0) is 13.1. The molecule has 0 saturated carbocycles. The fourth-order valence-corrected chi connectivity index (χ4v) is 1.97. The maximum absolute atomic E-state index is 9.09. The first kappa shape index (κ1) is 12.6. The van der Waals surface area contributed by atoms with Crippen molar-refractivity contribution in [3.05, 3.63) is 51.6 Å². The highest BCUT2D eigenvalue weighted by Gasteiger charge is 2.07. The van der Waals surface area contributed by atoms with Gasteiger partial charge in [-0.15, -0.1) is 0 Å². The normalized spacial score (nSPS) is 9.89. The van der Waals surface area contributed by atoms with E-state index in [2.05, 4.69) is 45.3 Å². The Kier molecular flexibility index (Phi) is 3.63. The summed E-state index contributed by atoms with van der Waals surface area (Å²) < 4.78 is 0.797. The van der Waals surface area contributed by atoms with E-state index in [-0.39, 0.29) is 0 Å². The lowest BCUT2D eigenvalue weighted by atomic mass is 10.1. The van der Waals surface area contributed by atoms with Gasteiger partial charge >= 0.3 is 0 Å². The molecule has 0 aliphatic rings. The smallest absolute Gasteiger partial charge is 0.148 e. The van der Waals surface area contributed by atoms with Gasteiger partial charge in [-0.3, -0.25) is 0 Å². The Morgan fingerprint density at radius 2 is 2.11 bits per heavy atom. The molecule has 18 heavy (non-hydrogen) atoms. The molecule has 1 N–H and O–H groups in total. The third-order valence-electron chi connectivity index (χ3n) is 2.83. The van der Waals surface area contributed by atoms with E-state index in [4.69, 9.17) is 5.26 Å². The number of pyridine rings is 1. The third kappa shape index (κ3) is 2.52. The molecule has 4 heteroatoms. The minimum atomic E-state index is 0.519. The quantitative estimate of drug-likeness (QED) is 0.909. The Bertz CT molecular complexity index is 629. The van der Waals surface area contributed by atoms with Crippen molar-refractivity contribution in [1.29, 1.82) is 5.26 Å². The fourth-order valence-electron chi connectivity index (χ4n) is 1.64. The van der Waals surface area contributed by atoms with Crippen LogP contribution in [0.3, 0.4) is 0 Å². The molecular weight excluding hydrogens is 290 g/mol. The Hall–Kier alpha value is -1.86. The summed E-state index contributed by atoms with van der Waals surface area (Å²) in [6.45, 7) is 4.10. The molecule has 0 atom stereocenters. The number of rotatable bonds is 2.